The zero-order valence-corrected chi connectivity index (χ0v) is 14.9. The Bertz CT molecular complexity index is 845. The molecule has 25 heavy (non-hydrogen) atoms. The molecule has 138 valence electrons. The SMILES string of the molecule is CC1(C)CCc2cc3c(cc2N1)NC(NS(C)(=O)=O)C=C3C(F)(F)F. The van der Waals surface area contributed by atoms with Crippen molar-refractivity contribution in [3.63, 3.8) is 0 Å². The summed E-state index contributed by atoms with van der Waals surface area (Å²) in [5, 5.41) is 6.15. The lowest BCUT2D eigenvalue weighted by molar-refractivity contribution is -0.0692. The first-order valence-corrected chi connectivity index (χ1v) is 9.72. The monoisotopic (exact) mass is 375 g/mol. The molecule has 9 heteroatoms. The van der Waals surface area contributed by atoms with E-state index in [0.717, 1.165) is 30.0 Å². The standard InChI is InChI=1S/C16H20F3N3O2S/c1-15(2)5-4-9-6-10-11(16(17,18)19)7-14(22-25(3,23)24)20-13(10)8-12(9)21-15/h6-8,14,20-22H,4-5H2,1-3H3. The van der Waals surface area contributed by atoms with Crippen molar-refractivity contribution in [1.82, 2.24) is 4.72 Å². The van der Waals surface area contributed by atoms with Crippen LogP contribution in [0.25, 0.3) is 5.57 Å². The average molecular weight is 375 g/mol. The quantitative estimate of drug-likeness (QED) is 0.743. The van der Waals surface area contributed by atoms with Gasteiger partial charge in [0.1, 0.15) is 6.17 Å². The Morgan fingerprint density at radius 2 is 1.92 bits per heavy atom. The first kappa shape index (κ1) is 18.1. The van der Waals surface area contributed by atoms with Gasteiger partial charge in [-0.2, -0.15) is 17.9 Å². The second-order valence-electron chi connectivity index (χ2n) is 7.15. The summed E-state index contributed by atoms with van der Waals surface area (Å²) in [7, 11) is -3.67. The lowest BCUT2D eigenvalue weighted by Gasteiger charge is -2.36. The van der Waals surface area contributed by atoms with Crippen LogP contribution in [0.3, 0.4) is 0 Å². The molecule has 0 spiro atoms. The van der Waals surface area contributed by atoms with Gasteiger partial charge in [-0.15, -0.1) is 0 Å². The molecule has 0 radical (unpaired) electrons. The van der Waals surface area contributed by atoms with E-state index < -0.39 is 27.9 Å². The number of sulfonamides is 1. The average Bonchev–Trinajstić information content (AvgIpc) is 2.40. The maximum Gasteiger partial charge on any atom is 0.416 e. The molecular weight excluding hydrogens is 355 g/mol. The summed E-state index contributed by atoms with van der Waals surface area (Å²) < 4.78 is 65.5. The number of allylic oxidation sites excluding steroid dienone is 1. The van der Waals surface area contributed by atoms with Crippen LogP contribution in [0.5, 0.6) is 0 Å². The molecule has 0 fully saturated rings. The normalized spacial score (nSPS) is 22.2. The molecule has 0 amide bonds. The number of aryl methyl sites for hydroxylation is 1. The number of fused-ring (bicyclic) bond motifs is 2. The number of anilines is 2. The number of benzene rings is 1. The second kappa shape index (κ2) is 5.63. The first-order chi connectivity index (χ1) is 11.3. The van der Waals surface area contributed by atoms with Gasteiger partial charge in [-0.05, 0) is 50.5 Å². The minimum Gasteiger partial charge on any atom is -0.380 e. The molecule has 0 aromatic heterocycles. The number of nitrogens with one attached hydrogen (secondary N) is 3. The van der Waals surface area contributed by atoms with Crippen LogP contribution in [-0.4, -0.2) is 32.6 Å². The van der Waals surface area contributed by atoms with Crippen molar-refractivity contribution in [2.45, 2.75) is 44.6 Å². The zero-order valence-electron chi connectivity index (χ0n) is 14.1. The van der Waals surface area contributed by atoms with Crippen molar-refractivity contribution in [1.29, 1.82) is 0 Å². The first-order valence-electron chi connectivity index (χ1n) is 7.82. The lowest BCUT2D eigenvalue weighted by Crippen LogP contribution is -2.41. The highest BCUT2D eigenvalue weighted by atomic mass is 32.2. The molecule has 2 heterocycles. The highest BCUT2D eigenvalue weighted by molar-refractivity contribution is 7.88. The largest absolute Gasteiger partial charge is 0.416 e. The van der Waals surface area contributed by atoms with Gasteiger partial charge in [0.05, 0.1) is 11.8 Å². The maximum absolute atomic E-state index is 13.5. The highest BCUT2D eigenvalue weighted by Gasteiger charge is 2.40. The zero-order chi connectivity index (χ0) is 18.6. The van der Waals surface area contributed by atoms with Crippen molar-refractivity contribution in [3.05, 3.63) is 29.3 Å². The van der Waals surface area contributed by atoms with Gasteiger partial charge in [-0.1, -0.05) is 0 Å². The molecule has 5 nitrogen and oxygen atoms in total. The predicted octanol–water partition coefficient (Wildman–Crippen LogP) is 3.07. The third-order valence-corrected chi connectivity index (χ3v) is 5.00. The Morgan fingerprint density at radius 1 is 1.24 bits per heavy atom. The summed E-state index contributed by atoms with van der Waals surface area (Å²) in [4.78, 5) is 0. The van der Waals surface area contributed by atoms with Gasteiger partial charge in [0.2, 0.25) is 10.0 Å². The number of hydrogen-bond donors (Lipinski definition) is 3. The Kier molecular flexibility index (Phi) is 4.07. The molecule has 2 aliphatic heterocycles. The van der Waals surface area contributed by atoms with E-state index in [1.807, 2.05) is 13.8 Å². The van der Waals surface area contributed by atoms with Crippen LogP contribution in [0.4, 0.5) is 24.5 Å². The molecule has 3 N–H and O–H groups in total. The summed E-state index contributed by atoms with van der Waals surface area (Å²) in [5.41, 5.74) is 0.895. The summed E-state index contributed by atoms with van der Waals surface area (Å²) in [6, 6.07) is 3.16. The van der Waals surface area contributed by atoms with Gasteiger partial charge in [0, 0.05) is 22.5 Å². The van der Waals surface area contributed by atoms with Crippen LogP contribution in [0.2, 0.25) is 0 Å². The third-order valence-electron chi connectivity index (χ3n) is 4.32. The lowest BCUT2D eigenvalue weighted by atomic mass is 9.86. The van der Waals surface area contributed by atoms with Gasteiger partial charge in [0.15, 0.2) is 0 Å². The van der Waals surface area contributed by atoms with Crippen LogP contribution in [-0.2, 0) is 16.4 Å². The molecule has 0 bridgehead atoms. The van der Waals surface area contributed by atoms with Crippen molar-refractivity contribution in [3.8, 4) is 0 Å². The molecule has 1 aromatic carbocycles. The van der Waals surface area contributed by atoms with E-state index in [0.29, 0.717) is 6.42 Å². The third kappa shape index (κ3) is 3.92. The van der Waals surface area contributed by atoms with E-state index in [1.165, 1.54) is 6.07 Å². The van der Waals surface area contributed by atoms with Gasteiger partial charge < -0.3 is 10.6 Å². The number of hydrogen-bond acceptors (Lipinski definition) is 4. The van der Waals surface area contributed by atoms with Gasteiger partial charge in [-0.25, -0.2) is 8.42 Å². The molecule has 1 unspecified atom stereocenters. The Balaban J connectivity index is 2.08. The maximum atomic E-state index is 13.5. The van der Waals surface area contributed by atoms with Crippen LogP contribution in [0.15, 0.2) is 18.2 Å². The van der Waals surface area contributed by atoms with Crippen molar-refractivity contribution in [2.75, 3.05) is 16.9 Å². The minimum atomic E-state index is -4.58. The number of alkyl halides is 3. The molecule has 1 aromatic rings. The van der Waals surface area contributed by atoms with E-state index in [-0.39, 0.29) is 16.8 Å². The summed E-state index contributed by atoms with van der Waals surface area (Å²) in [6.45, 7) is 4.05. The van der Waals surface area contributed by atoms with Crippen LogP contribution in [0.1, 0.15) is 31.4 Å². The summed E-state index contributed by atoms with van der Waals surface area (Å²) in [6.07, 6.45) is -2.47. The Labute approximate surface area is 144 Å². The van der Waals surface area contributed by atoms with Gasteiger partial charge >= 0.3 is 6.18 Å². The molecule has 0 saturated heterocycles. The van der Waals surface area contributed by atoms with Crippen LogP contribution < -0.4 is 15.4 Å². The molecular formula is C16H20F3N3O2S. The van der Waals surface area contributed by atoms with Gasteiger partial charge in [0.25, 0.3) is 0 Å². The molecule has 1 atom stereocenters. The highest BCUT2D eigenvalue weighted by Crippen LogP contribution is 2.44. The van der Waals surface area contributed by atoms with E-state index in [2.05, 4.69) is 15.4 Å². The van der Waals surface area contributed by atoms with Crippen molar-refractivity contribution in [2.24, 2.45) is 0 Å². The number of halogens is 3. The van der Waals surface area contributed by atoms with Crippen molar-refractivity contribution >= 4 is 27.0 Å². The fourth-order valence-corrected chi connectivity index (χ4v) is 3.78. The van der Waals surface area contributed by atoms with Crippen molar-refractivity contribution < 1.29 is 21.6 Å². The van der Waals surface area contributed by atoms with Crippen LogP contribution >= 0.6 is 0 Å². The van der Waals surface area contributed by atoms with Gasteiger partial charge in [-0.3, -0.25) is 0 Å². The fourth-order valence-electron chi connectivity index (χ4n) is 3.19. The van der Waals surface area contributed by atoms with E-state index in [4.69, 9.17) is 0 Å². The van der Waals surface area contributed by atoms with E-state index in [9.17, 15) is 21.6 Å². The Morgan fingerprint density at radius 3 is 2.52 bits per heavy atom. The molecule has 3 rings (SSSR count). The fraction of sp³-hybridized carbons (Fsp3) is 0.500. The smallest absolute Gasteiger partial charge is 0.380 e. The Hall–Kier alpha value is -1.74. The predicted molar refractivity (Wildman–Crippen MR) is 91.9 cm³/mol. The molecule has 0 saturated carbocycles. The molecule has 0 aliphatic carbocycles. The minimum absolute atomic E-state index is 0.0410. The topological polar surface area (TPSA) is 70.2 Å². The molecule has 2 aliphatic rings. The summed E-state index contributed by atoms with van der Waals surface area (Å²) >= 11 is 0. The van der Waals surface area contributed by atoms with Crippen LogP contribution in [0, 0.1) is 0 Å². The number of rotatable bonds is 2. The summed E-state index contributed by atoms with van der Waals surface area (Å²) in [5.74, 6) is 0. The second-order valence-corrected chi connectivity index (χ2v) is 8.93. The van der Waals surface area contributed by atoms with E-state index >= 15 is 0 Å². The van der Waals surface area contributed by atoms with E-state index in [1.54, 1.807) is 6.07 Å².